The highest BCUT2D eigenvalue weighted by Gasteiger charge is 2.30. The molecule has 1 heterocycles. The van der Waals surface area contributed by atoms with Crippen molar-refractivity contribution in [2.45, 2.75) is 32.2 Å². The SMILES string of the molecule is Cc1cccc(C(=O)N[C@@H]2CC[C@H](C(=O)O)C2)n1. The highest BCUT2D eigenvalue weighted by Crippen LogP contribution is 2.25. The van der Waals surface area contributed by atoms with Gasteiger partial charge >= 0.3 is 5.97 Å². The Kier molecular flexibility index (Phi) is 3.60. The quantitative estimate of drug-likeness (QED) is 0.846. The number of aryl methyl sites for hydroxylation is 1. The predicted octanol–water partition coefficient (Wildman–Crippen LogP) is 1.37. The summed E-state index contributed by atoms with van der Waals surface area (Å²) in [4.78, 5) is 26.9. The van der Waals surface area contributed by atoms with E-state index in [-0.39, 0.29) is 17.9 Å². The molecule has 2 rings (SSSR count). The Morgan fingerprint density at radius 3 is 2.78 bits per heavy atom. The van der Waals surface area contributed by atoms with Crippen molar-refractivity contribution in [2.24, 2.45) is 5.92 Å². The Morgan fingerprint density at radius 1 is 1.39 bits per heavy atom. The van der Waals surface area contributed by atoms with Crippen LogP contribution in [0.15, 0.2) is 18.2 Å². The van der Waals surface area contributed by atoms with Gasteiger partial charge in [-0.3, -0.25) is 9.59 Å². The Balaban J connectivity index is 1.95. The zero-order chi connectivity index (χ0) is 13.1. The number of pyridine rings is 1. The molecule has 5 heteroatoms. The van der Waals surface area contributed by atoms with E-state index in [0.29, 0.717) is 25.0 Å². The van der Waals surface area contributed by atoms with Crippen molar-refractivity contribution in [3.63, 3.8) is 0 Å². The highest BCUT2D eigenvalue weighted by molar-refractivity contribution is 5.92. The second kappa shape index (κ2) is 5.16. The molecule has 0 unspecified atom stereocenters. The number of nitrogens with zero attached hydrogens (tertiary/aromatic N) is 1. The number of carbonyl (C=O) groups excluding carboxylic acids is 1. The molecule has 0 bridgehead atoms. The summed E-state index contributed by atoms with van der Waals surface area (Å²) in [6.45, 7) is 1.83. The molecule has 0 aliphatic heterocycles. The topological polar surface area (TPSA) is 79.3 Å². The van der Waals surface area contributed by atoms with E-state index in [0.717, 1.165) is 5.69 Å². The maximum atomic E-state index is 11.9. The number of aromatic nitrogens is 1. The standard InChI is InChI=1S/C13H16N2O3/c1-8-3-2-4-11(14-8)12(16)15-10-6-5-9(7-10)13(17)18/h2-4,9-10H,5-7H2,1H3,(H,15,16)(H,17,18)/t9-,10+/m0/s1. The molecular formula is C13H16N2O3. The maximum Gasteiger partial charge on any atom is 0.306 e. The van der Waals surface area contributed by atoms with Crippen molar-refractivity contribution in [1.82, 2.24) is 10.3 Å². The summed E-state index contributed by atoms with van der Waals surface area (Å²) in [6, 6.07) is 5.21. The minimum atomic E-state index is -0.777. The van der Waals surface area contributed by atoms with Crippen LogP contribution in [-0.4, -0.2) is 28.0 Å². The van der Waals surface area contributed by atoms with Crippen molar-refractivity contribution >= 4 is 11.9 Å². The summed E-state index contributed by atoms with van der Waals surface area (Å²) in [7, 11) is 0. The molecule has 1 aliphatic rings. The molecule has 96 valence electrons. The molecule has 0 spiro atoms. The van der Waals surface area contributed by atoms with Crippen LogP contribution in [0.2, 0.25) is 0 Å². The number of nitrogens with one attached hydrogen (secondary N) is 1. The zero-order valence-electron chi connectivity index (χ0n) is 10.2. The van der Waals surface area contributed by atoms with Crippen molar-refractivity contribution in [1.29, 1.82) is 0 Å². The van der Waals surface area contributed by atoms with Crippen LogP contribution < -0.4 is 5.32 Å². The van der Waals surface area contributed by atoms with E-state index >= 15 is 0 Å². The molecule has 1 aromatic heterocycles. The molecular weight excluding hydrogens is 232 g/mol. The molecule has 1 amide bonds. The lowest BCUT2D eigenvalue weighted by Crippen LogP contribution is -2.33. The van der Waals surface area contributed by atoms with Crippen LogP contribution >= 0.6 is 0 Å². The summed E-state index contributed by atoms with van der Waals surface area (Å²) in [5.41, 5.74) is 1.17. The Bertz CT molecular complexity index is 473. The van der Waals surface area contributed by atoms with E-state index in [1.54, 1.807) is 12.1 Å². The van der Waals surface area contributed by atoms with Gasteiger partial charge in [0.05, 0.1) is 5.92 Å². The number of carbonyl (C=O) groups is 2. The second-order valence-corrected chi connectivity index (χ2v) is 4.68. The lowest BCUT2D eigenvalue weighted by atomic mass is 10.1. The average molecular weight is 248 g/mol. The number of aliphatic carboxylic acids is 1. The fraction of sp³-hybridized carbons (Fsp3) is 0.462. The number of hydrogen-bond donors (Lipinski definition) is 2. The lowest BCUT2D eigenvalue weighted by Gasteiger charge is -2.12. The third-order valence-electron chi connectivity index (χ3n) is 3.24. The van der Waals surface area contributed by atoms with E-state index in [1.165, 1.54) is 0 Å². The summed E-state index contributed by atoms with van der Waals surface area (Å²) in [6.07, 6.45) is 1.85. The van der Waals surface area contributed by atoms with E-state index in [1.807, 2.05) is 13.0 Å². The van der Waals surface area contributed by atoms with Gasteiger partial charge in [0.1, 0.15) is 5.69 Å². The Hall–Kier alpha value is -1.91. The minimum absolute atomic E-state index is 0.0547. The van der Waals surface area contributed by atoms with E-state index in [9.17, 15) is 9.59 Å². The van der Waals surface area contributed by atoms with Gasteiger partial charge in [-0.25, -0.2) is 4.98 Å². The van der Waals surface area contributed by atoms with E-state index < -0.39 is 5.97 Å². The molecule has 1 aromatic rings. The average Bonchev–Trinajstić information content (AvgIpc) is 2.77. The molecule has 0 aromatic carbocycles. The van der Waals surface area contributed by atoms with Gasteiger partial charge in [-0.2, -0.15) is 0 Å². The molecule has 1 aliphatic carbocycles. The molecule has 18 heavy (non-hydrogen) atoms. The van der Waals surface area contributed by atoms with Gasteiger partial charge in [0.2, 0.25) is 0 Å². The highest BCUT2D eigenvalue weighted by atomic mass is 16.4. The molecule has 1 saturated carbocycles. The minimum Gasteiger partial charge on any atom is -0.481 e. The third kappa shape index (κ3) is 2.85. The molecule has 0 saturated heterocycles. The van der Waals surface area contributed by atoms with Crippen molar-refractivity contribution in [3.8, 4) is 0 Å². The lowest BCUT2D eigenvalue weighted by molar-refractivity contribution is -0.141. The summed E-state index contributed by atoms with van der Waals surface area (Å²) >= 11 is 0. The largest absolute Gasteiger partial charge is 0.481 e. The third-order valence-corrected chi connectivity index (χ3v) is 3.24. The van der Waals surface area contributed by atoms with E-state index in [2.05, 4.69) is 10.3 Å². The molecule has 1 fully saturated rings. The second-order valence-electron chi connectivity index (χ2n) is 4.68. The molecule has 5 nitrogen and oxygen atoms in total. The fourth-order valence-corrected chi connectivity index (χ4v) is 2.27. The molecule has 2 N–H and O–H groups in total. The van der Waals surface area contributed by atoms with Crippen LogP contribution in [-0.2, 0) is 4.79 Å². The van der Waals surface area contributed by atoms with Crippen molar-refractivity contribution < 1.29 is 14.7 Å². The Morgan fingerprint density at radius 2 is 2.17 bits per heavy atom. The van der Waals surface area contributed by atoms with Crippen LogP contribution in [0.5, 0.6) is 0 Å². The van der Waals surface area contributed by atoms with Gasteiger partial charge in [0.15, 0.2) is 0 Å². The first-order valence-electron chi connectivity index (χ1n) is 6.03. The normalized spacial score (nSPS) is 22.7. The van der Waals surface area contributed by atoms with Crippen LogP contribution in [0.1, 0.15) is 35.4 Å². The first-order valence-corrected chi connectivity index (χ1v) is 6.03. The zero-order valence-corrected chi connectivity index (χ0v) is 10.2. The van der Waals surface area contributed by atoms with Gasteiger partial charge in [-0.1, -0.05) is 6.07 Å². The van der Waals surface area contributed by atoms with E-state index in [4.69, 9.17) is 5.11 Å². The molecule has 2 atom stereocenters. The predicted molar refractivity (Wildman–Crippen MR) is 65.2 cm³/mol. The van der Waals surface area contributed by atoms with Gasteiger partial charge in [-0.15, -0.1) is 0 Å². The van der Waals surface area contributed by atoms with Crippen LogP contribution in [0.3, 0.4) is 0 Å². The van der Waals surface area contributed by atoms with Crippen molar-refractivity contribution in [2.75, 3.05) is 0 Å². The number of carboxylic acid groups (broad SMARTS) is 1. The Labute approximate surface area is 105 Å². The summed E-state index contributed by atoms with van der Waals surface area (Å²) in [5.74, 6) is -1.34. The van der Waals surface area contributed by atoms with Gasteiger partial charge in [0.25, 0.3) is 5.91 Å². The number of rotatable bonds is 3. The smallest absolute Gasteiger partial charge is 0.306 e. The van der Waals surface area contributed by atoms with Crippen LogP contribution in [0, 0.1) is 12.8 Å². The number of carboxylic acids is 1. The summed E-state index contributed by atoms with van der Waals surface area (Å²) < 4.78 is 0. The summed E-state index contributed by atoms with van der Waals surface area (Å²) in [5, 5.41) is 11.7. The fourth-order valence-electron chi connectivity index (χ4n) is 2.27. The van der Waals surface area contributed by atoms with Crippen LogP contribution in [0.4, 0.5) is 0 Å². The van der Waals surface area contributed by atoms with Gasteiger partial charge < -0.3 is 10.4 Å². The van der Waals surface area contributed by atoms with Crippen molar-refractivity contribution in [3.05, 3.63) is 29.6 Å². The van der Waals surface area contributed by atoms with Gasteiger partial charge in [0, 0.05) is 11.7 Å². The first kappa shape index (κ1) is 12.5. The molecule has 0 radical (unpaired) electrons. The van der Waals surface area contributed by atoms with Gasteiger partial charge in [-0.05, 0) is 38.3 Å². The number of hydrogen-bond acceptors (Lipinski definition) is 3. The number of amides is 1. The maximum absolute atomic E-state index is 11.9. The first-order chi connectivity index (χ1) is 8.56. The monoisotopic (exact) mass is 248 g/mol. The van der Waals surface area contributed by atoms with Crippen LogP contribution in [0.25, 0.3) is 0 Å².